The maximum Gasteiger partial charge on any atom is 0.167 e. The molecule has 4 atom stereocenters. The Kier molecular flexibility index (Phi) is 4.95. The summed E-state index contributed by atoms with van der Waals surface area (Å²) in [7, 11) is 1.50. The molecule has 1 fully saturated rings. The third-order valence-electron chi connectivity index (χ3n) is 5.78. The lowest BCUT2D eigenvalue weighted by Crippen LogP contribution is -2.34. The maximum atomic E-state index is 10.3. The summed E-state index contributed by atoms with van der Waals surface area (Å²) in [6, 6.07) is 8.38. The standard InChI is InChI=1S/C21H23N5O4/c1-29-18-17(28)15(9-27)30-21(18)26-11-25-16-19(23-10-24-20(16)26)22-8-13-7-6-12-4-2-3-5-14(12)13/h2-5,7,10-11,15,17-18,21,27-28H,6,8-9H2,1H3,(H,22,23,24)/t15-,17?,18?,21-/m1/s1. The Balaban J connectivity index is 1.41. The van der Waals surface area contributed by atoms with Gasteiger partial charge in [-0.2, -0.15) is 0 Å². The predicted octanol–water partition coefficient (Wildman–Crippen LogP) is 1.14. The molecule has 3 heterocycles. The molecule has 0 radical (unpaired) electrons. The molecule has 156 valence electrons. The van der Waals surface area contributed by atoms with Crippen LogP contribution in [0.25, 0.3) is 16.7 Å². The second kappa shape index (κ2) is 7.77. The number of hydrogen-bond acceptors (Lipinski definition) is 8. The molecule has 1 saturated heterocycles. The number of allylic oxidation sites excluding steroid dienone is 1. The zero-order valence-electron chi connectivity index (χ0n) is 16.5. The molecule has 0 spiro atoms. The lowest BCUT2D eigenvalue weighted by Gasteiger charge is -2.20. The third kappa shape index (κ3) is 3.07. The van der Waals surface area contributed by atoms with Gasteiger partial charge in [-0.25, -0.2) is 15.0 Å². The molecule has 0 saturated carbocycles. The van der Waals surface area contributed by atoms with Crippen molar-refractivity contribution >= 4 is 22.6 Å². The molecule has 3 N–H and O–H groups in total. The molecule has 9 heteroatoms. The molecular weight excluding hydrogens is 386 g/mol. The first kappa shape index (κ1) is 19.1. The number of aliphatic hydroxyl groups is 2. The van der Waals surface area contributed by atoms with Gasteiger partial charge in [0.05, 0.1) is 12.9 Å². The number of fused-ring (bicyclic) bond motifs is 2. The van der Waals surface area contributed by atoms with Crippen molar-refractivity contribution in [2.75, 3.05) is 25.6 Å². The summed E-state index contributed by atoms with van der Waals surface area (Å²) in [4.78, 5) is 13.2. The Morgan fingerprint density at radius 2 is 2.13 bits per heavy atom. The summed E-state index contributed by atoms with van der Waals surface area (Å²) in [6.07, 6.45) is 3.25. The van der Waals surface area contributed by atoms with E-state index in [0.29, 0.717) is 23.5 Å². The van der Waals surface area contributed by atoms with Gasteiger partial charge in [-0.1, -0.05) is 30.3 Å². The van der Waals surface area contributed by atoms with Gasteiger partial charge in [0.1, 0.15) is 24.6 Å². The fraction of sp³-hybridized carbons (Fsp3) is 0.381. The largest absolute Gasteiger partial charge is 0.394 e. The van der Waals surface area contributed by atoms with E-state index in [0.717, 1.165) is 6.42 Å². The van der Waals surface area contributed by atoms with E-state index in [1.54, 1.807) is 10.9 Å². The van der Waals surface area contributed by atoms with Crippen LogP contribution in [0, 0.1) is 0 Å². The summed E-state index contributed by atoms with van der Waals surface area (Å²) < 4.78 is 12.9. The smallest absolute Gasteiger partial charge is 0.167 e. The molecule has 0 amide bonds. The van der Waals surface area contributed by atoms with Crippen LogP contribution in [-0.2, 0) is 15.9 Å². The minimum Gasteiger partial charge on any atom is -0.394 e. The van der Waals surface area contributed by atoms with Crippen molar-refractivity contribution in [2.45, 2.75) is 31.0 Å². The quantitative estimate of drug-likeness (QED) is 0.555. The van der Waals surface area contributed by atoms with Gasteiger partial charge in [-0.15, -0.1) is 0 Å². The van der Waals surface area contributed by atoms with Crippen LogP contribution in [0.4, 0.5) is 5.82 Å². The van der Waals surface area contributed by atoms with Crippen molar-refractivity contribution < 1.29 is 19.7 Å². The number of ether oxygens (including phenoxy) is 2. The third-order valence-corrected chi connectivity index (χ3v) is 5.78. The number of hydrogen-bond donors (Lipinski definition) is 3. The summed E-state index contributed by atoms with van der Waals surface area (Å²) in [6.45, 7) is 0.324. The molecule has 2 aliphatic rings. The number of nitrogens with zero attached hydrogens (tertiary/aromatic N) is 4. The van der Waals surface area contributed by atoms with E-state index in [9.17, 15) is 10.2 Å². The maximum absolute atomic E-state index is 10.3. The zero-order valence-corrected chi connectivity index (χ0v) is 16.5. The highest BCUT2D eigenvalue weighted by Gasteiger charge is 2.45. The minimum atomic E-state index is -0.948. The van der Waals surface area contributed by atoms with E-state index in [2.05, 4.69) is 44.5 Å². The minimum absolute atomic E-state index is 0.303. The summed E-state index contributed by atoms with van der Waals surface area (Å²) >= 11 is 0. The highest BCUT2D eigenvalue weighted by molar-refractivity contribution is 5.84. The van der Waals surface area contributed by atoms with E-state index in [1.165, 1.54) is 30.1 Å². The van der Waals surface area contributed by atoms with E-state index in [1.807, 2.05) is 6.07 Å². The highest BCUT2D eigenvalue weighted by atomic mass is 16.6. The van der Waals surface area contributed by atoms with E-state index >= 15 is 0 Å². The van der Waals surface area contributed by atoms with Crippen molar-refractivity contribution in [3.63, 3.8) is 0 Å². The molecular formula is C21H23N5O4. The Labute approximate surface area is 173 Å². The molecule has 2 unspecified atom stereocenters. The van der Waals surface area contributed by atoms with Crippen LogP contribution in [0.2, 0.25) is 0 Å². The number of aromatic nitrogens is 4. The Morgan fingerprint density at radius 1 is 1.27 bits per heavy atom. The summed E-state index contributed by atoms with van der Waals surface area (Å²) in [5, 5.41) is 23.2. The Bertz CT molecular complexity index is 1100. The van der Waals surface area contributed by atoms with Gasteiger partial charge in [0.2, 0.25) is 0 Å². The van der Waals surface area contributed by atoms with Gasteiger partial charge in [0, 0.05) is 13.7 Å². The van der Waals surface area contributed by atoms with Crippen LogP contribution in [-0.4, -0.2) is 68.3 Å². The molecule has 1 aliphatic heterocycles. The van der Waals surface area contributed by atoms with Gasteiger partial charge in [-0.05, 0) is 23.1 Å². The monoisotopic (exact) mass is 409 g/mol. The number of anilines is 1. The number of benzene rings is 1. The van der Waals surface area contributed by atoms with Gasteiger partial charge in [0.25, 0.3) is 0 Å². The first-order valence-corrected chi connectivity index (χ1v) is 9.87. The number of nitrogens with one attached hydrogen (secondary N) is 1. The molecule has 3 aromatic rings. The van der Waals surface area contributed by atoms with Gasteiger partial charge < -0.3 is 25.0 Å². The SMILES string of the molecule is COC1C(O)[C@@H](CO)O[C@H]1n1cnc2c(NCC3=CCc4ccccc43)ncnc21. The average molecular weight is 409 g/mol. The van der Waals surface area contributed by atoms with E-state index < -0.39 is 24.5 Å². The first-order chi connectivity index (χ1) is 14.7. The van der Waals surface area contributed by atoms with Crippen molar-refractivity contribution in [1.29, 1.82) is 0 Å². The molecule has 9 nitrogen and oxygen atoms in total. The van der Waals surface area contributed by atoms with Crippen LogP contribution in [0.15, 0.2) is 43.0 Å². The number of aliphatic hydroxyl groups excluding tert-OH is 2. The van der Waals surface area contributed by atoms with Crippen molar-refractivity contribution in [1.82, 2.24) is 19.5 Å². The van der Waals surface area contributed by atoms with Crippen LogP contribution >= 0.6 is 0 Å². The number of rotatable bonds is 6. The van der Waals surface area contributed by atoms with Crippen LogP contribution in [0.3, 0.4) is 0 Å². The van der Waals surface area contributed by atoms with Gasteiger partial charge in [0.15, 0.2) is 23.2 Å². The van der Waals surface area contributed by atoms with E-state index in [4.69, 9.17) is 9.47 Å². The lowest BCUT2D eigenvalue weighted by atomic mass is 10.1. The molecule has 2 aromatic heterocycles. The second-order valence-electron chi connectivity index (χ2n) is 7.43. The number of methoxy groups -OCH3 is 1. The number of imidazole rings is 1. The van der Waals surface area contributed by atoms with Crippen LogP contribution in [0.1, 0.15) is 17.4 Å². The molecule has 1 aliphatic carbocycles. The normalized spacial score (nSPS) is 25.5. The van der Waals surface area contributed by atoms with Crippen molar-refractivity contribution in [3.8, 4) is 0 Å². The van der Waals surface area contributed by atoms with Gasteiger partial charge >= 0.3 is 0 Å². The average Bonchev–Trinajstić information content (AvgIpc) is 3.47. The first-order valence-electron chi connectivity index (χ1n) is 9.87. The molecule has 30 heavy (non-hydrogen) atoms. The fourth-order valence-electron chi connectivity index (χ4n) is 4.22. The molecule has 0 bridgehead atoms. The Hall–Kier alpha value is -2.85. The Morgan fingerprint density at radius 3 is 2.97 bits per heavy atom. The predicted molar refractivity (Wildman–Crippen MR) is 110 cm³/mol. The zero-order chi connectivity index (χ0) is 20.7. The highest BCUT2D eigenvalue weighted by Crippen LogP contribution is 2.34. The van der Waals surface area contributed by atoms with Crippen molar-refractivity contribution in [3.05, 3.63) is 54.1 Å². The van der Waals surface area contributed by atoms with Crippen LogP contribution in [0.5, 0.6) is 0 Å². The topological polar surface area (TPSA) is 115 Å². The van der Waals surface area contributed by atoms with Gasteiger partial charge in [-0.3, -0.25) is 4.57 Å². The molecule has 1 aromatic carbocycles. The van der Waals surface area contributed by atoms with E-state index in [-0.39, 0.29) is 6.61 Å². The second-order valence-corrected chi connectivity index (χ2v) is 7.43. The van der Waals surface area contributed by atoms with Crippen LogP contribution < -0.4 is 5.32 Å². The fourth-order valence-corrected chi connectivity index (χ4v) is 4.22. The molecule has 5 rings (SSSR count). The van der Waals surface area contributed by atoms with Crippen molar-refractivity contribution in [2.24, 2.45) is 0 Å². The summed E-state index contributed by atoms with van der Waals surface area (Å²) in [5.41, 5.74) is 4.97. The summed E-state index contributed by atoms with van der Waals surface area (Å²) in [5.74, 6) is 0.621. The lowest BCUT2D eigenvalue weighted by molar-refractivity contribution is -0.0583.